The molecule has 0 unspecified atom stereocenters. The summed E-state index contributed by atoms with van der Waals surface area (Å²) >= 11 is 1.52. The van der Waals surface area contributed by atoms with Crippen molar-refractivity contribution in [1.82, 2.24) is 24.9 Å². The van der Waals surface area contributed by atoms with Crippen LogP contribution in [0.1, 0.15) is 30.8 Å². The third kappa shape index (κ3) is 2.92. The molecule has 0 bridgehead atoms. The molecule has 22 heavy (non-hydrogen) atoms. The predicted molar refractivity (Wildman–Crippen MR) is 81.3 cm³/mol. The van der Waals surface area contributed by atoms with Crippen molar-refractivity contribution in [3.63, 3.8) is 0 Å². The Morgan fingerprint density at radius 3 is 2.91 bits per heavy atom. The molecule has 0 amide bonds. The maximum atomic E-state index is 5.32. The van der Waals surface area contributed by atoms with Gasteiger partial charge in [0.1, 0.15) is 5.76 Å². The van der Waals surface area contributed by atoms with Gasteiger partial charge in [0.05, 0.1) is 17.6 Å². The second-order valence-corrected chi connectivity index (χ2v) is 5.84. The van der Waals surface area contributed by atoms with Gasteiger partial charge < -0.3 is 13.5 Å². The van der Waals surface area contributed by atoms with Crippen LogP contribution in [0.2, 0.25) is 0 Å². The van der Waals surface area contributed by atoms with Crippen LogP contribution < -0.4 is 0 Å². The molecule has 3 rings (SSSR count). The minimum absolute atomic E-state index is 0.576. The van der Waals surface area contributed by atoms with Crippen LogP contribution in [-0.4, -0.2) is 24.9 Å². The van der Waals surface area contributed by atoms with Crippen molar-refractivity contribution < 1.29 is 8.94 Å². The molecule has 0 N–H and O–H groups in total. The summed E-state index contributed by atoms with van der Waals surface area (Å²) in [7, 11) is 1.93. The van der Waals surface area contributed by atoms with Gasteiger partial charge in [0, 0.05) is 13.5 Å². The molecule has 0 aliphatic carbocycles. The zero-order valence-electron chi connectivity index (χ0n) is 12.7. The maximum Gasteiger partial charge on any atom is 0.237 e. The Hall–Kier alpha value is -2.09. The minimum atomic E-state index is 0.576. The summed E-state index contributed by atoms with van der Waals surface area (Å²) in [6.07, 6.45) is 3.49. The van der Waals surface area contributed by atoms with Crippen molar-refractivity contribution in [3.05, 3.63) is 29.8 Å². The van der Waals surface area contributed by atoms with Gasteiger partial charge in [-0.1, -0.05) is 23.8 Å². The normalized spacial score (nSPS) is 11.2. The molecule has 0 spiro atoms. The van der Waals surface area contributed by atoms with Gasteiger partial charge in [-0.15, -0.1) is 10.2 Å². The van der Waals surface area contributed by atoms with Crippen molar-refractivity contribution in [2.75, 3.05) is 0 Å². The molecule has 7 nitrogen and oxygen atoms in total. The number of nitrogens with zero attached hydrogens (tertiary/aromatic N) is 5. The van der Waals surface area contributed by atoms with Gasteiger partial charge in [-0.2, -0.15) is 4.98 Å². The highest BCUT2D eigenvalue weighted by molar-refractivity contribution is 7.98. The van der Waals surface area contributed by atoms with Crippen LogP contribution in [0.3, 0.4) is 0 Å². The lowest BCUT2D eigenvalue weighted by Crippen LogP contribution is -1.95. The average Bonchev–Trinajstić information content (AvgIpc) is 3.19. The van der Waals surface area contributed by atoms with Gasteiger partial charge in [-0.05, 0) is 19.4 Å². The monoisotopic (exact) mass is 319 g/mol. The van der Waals surface area contributed by atoms with E-state index in [1.54, 1.807) is 6.26 Å². The van der Waals surface area contributed by atoms with Crippen LogP contribution in [-0.2, 0) is 19.2 Å². The largest absolute Gasteiger partial charge is 0.469 e. The summed E-state index contributed by atoms with van der Waals surface area (Å²) < 4.78 is 12.5. The van der Waals surface area contributed by atoms with Crippen molar-refractivity contribution in [3.8, 4) is 11.4 Å². The first-order chi connectivity index (χ1) is 10.7. The van der Waals surface area contributed by atoms with E-state index < -0.39 is 0 Å². The van der Waals surface area contributed by atoms with Crippen LogP contribution in [0, 0.1) is 6.92 Å². The lowest BCUT2D eigenvalue weighted by Gasteiger charge is -2.01. The Labute approximate surface area is 132 Å². The van der Waals surface area contributed by atoms with E-state index in [0.29, 0.717) is 11.6 Å². The first-order valence-corrected chi connectivity index (χ1v) is 8.05. The molecule has 3 aromatic rings. The Morgan fingerprint density at radius 1 is 1.32 bits per heavy atom. The number of hydrogen-bond acceptors (Lipinski definition) is 7. The Morgan fingerprint density at radius 2 is 2.18 bits per heavy atom. The van der Waals surface area contributed by atoms with E-state index >= 15 is 0 Å². The number of hydrogen-bond donors (Lipinski definition) is 0. The van der Waals surface area contributed by atoms with Crippen LogP contribution >= 0.6 is 11.8 Å². The quantitative estimate of drug-likeness (QED) is 0.646. The van der Waals surface area contributed by atoms with E-state index in [1.165, 1.54) is 11.8 Å². The molecule has 0 aliphatic rings. The topological polar surface area (TPSA) is 82.8 Å². The maximum absolute atomic E-state index is 5.32. The first-order valence-electron chi connectivity index (χ1n) is 7.07. The van der Waals surface area contributed by atoms with Gasteiger partial charge in [0.2, 0.25) is 5.89 Å². The van der Waals surface area contributed by atoms with E-state index in [4.69, 9.17) is 8.94 Å². The fourth-order valence-corrected chi connectivity index (χ4v) is 2.84. The van der Waals surface area contributed by atoms with Gasteiger partial charge >= 0.3 is 0 Å². The number of rotatable bonds is 6. The lowest BCUT2D eigenvalue weighted by molar-refractivity contribution is 0.384. The minimum Gasteiger partial charge on any atom is -0.469 e. The van der Waals surface area contributed by atoms with Crippen molar-refractivity contribution >= 4 is 11.8 Å². The van der Waals surface area contributed by atoms with Crippen molar-refractivity contribution in [1.29, 1.82) is 0 Å². The van der Waals surface area contributed by atoms with E-state index in [9.17, 15) is 0 Å². The van der Waals surface area contributed by atoms with Crippen molar-refractivity contribution in [2.24, 2.45) is 7.05 Å². The fraction of sp³-hybridized carbons (Fsp3) is 0.429. The highest BCUT2D eigenvalue weighted by Gasteiger charge is 2.16. The van der Waals surface area contributed by atoms with Crippen LogP contribution in [0.15, 0.2) is 26.4 Å². The summed E-state index contributed by atoms with van der Waals surface area (Å²) in [6.45, 7) is 3.99. The summed E-state index contributed by atoms with van der Waals surface area (Å²) in [5.41, 5.74) is 0.949. The summed E-state index contributed by atoms with van der Waals surface area (Å²) in [5, 5.41) is 13.2. The third-order valence-electron chi connectivity index (χ3n) is 3.24. The molecule has 116 valence electrons. The highest BCUT2D eigenvalue weighted by Crippen LogP contribution is 2.27. The Bertz CT molecular complexity index is 761. The molecular formula is C14H17N5O2S. The predicted octanol–water partition coefficient (Wildman–Crippen LogP) is 3.01. The molecule has 8 heteroatoms. The highest BCUT2D eigenvalue weighted by atomic mass is 32.2. The molecule has 0 aromatic carbocycles. The summed E-state index contributed by atoms with van der Waals surface area (Å²) in [5.74, 6) is 3.55. The standard InChI is InChI=1S/C14H17N5O2S/c1-4-5-11-15-12(21-18-11)8-22-14-17-16-13(19(14)3)10-6-7-20-9(10)2/h6-7H,4-5,8H2,1-3H3. The smallest absolute Gasteiger partial charge is 0.237 e. The number of furan rings is 1. The summed E-state index contributed by atoms with van der Waals surface area (Å²) in [6, 6.07) is 1.89. The SMILES string of the molecule is CCCc1noc(CSc2nnc(-c3ccoc3C)n2C)n1. The zero-order valence-corrected chi connectivity index (χ0v) is 13.6. The Balaban J connectivity index is 1.71. The lowest BCUT2D eigenvalue weighted by atomic mass is 10.2. The average molecular weight is 319 g/mol. The molecule has 0 saturated heterocycles. The van der Waals surface area contributed by atoms with Crippen LogP contribution in [0.4, 0.5) is 0 Å². The number of aromatic nitrogens is 5. The number of thioether (sulfide) groups is 1. The van der Waals surface area contributed by atoms with E-state index in [0.717, 1.165) is 41.0 Å². The number of aryl methyl sites for hydroxylation is 2. The van der Waals surface area contributed by atoms with Gasteiger partial charge in [0.25, 0.3) is 0 Å². The third-order valence-corrected chi connectivity index (χ3v) is 4.25. The van der Waals surface area contributed by atoms with Gasteiger partial charge in [-0.3, -0.25) is 0 Å². The van der Waals surface area contributed by atoms with E-state index in [1.807, 2.05) is 24.6 Å². The van der Waals surface area contributed by atoms with E-state index in [2.05, 4.69) is 27.3 Å². The van der Waals surface area contributed by atoms with Crippen LogP contribution in [0.25, 0.3) is 11.4 Å². The van der Waals surface area contributed by atoms with E-state index in [-0.39, 0.29) is 0 Å². The molecule has 0 aliphatic heterocycles. The molecule has 0 fully saturated rings. The zero-order chi connectivity index (χ0) is 15.5. The molecule has 0 atom stereocenters. The first kappa shape index (κ1) is 14.8. The second kappa shape index (κ2) is 6.35. The molecule has 3 aromatic heterocycles. The molecule has 0 saturated carbocycles. The van der Waals surface area contributed by atoms with Gasteiger partial charge in [0.15, 0.2) is 16.8 Å². The van der Waals surface area contributed by atoms with Crippen LogP contribution in [0.5, 0.6) is 0 Å². The molecular weight excluding hydrogens is 302 g/mol. The molecule has 0 radical (unpaired) electrons. The molecule has 3 heterocycles. The fourth-order valence-electron chi connectivity index (χ4n) is 2.09. The summed E-state index contributed by atoms with van der Waals surface area (Å²) in [4.78, 5) is 4.34. The second-order valence-electron chi connectivity index (χ2n) is 4.90. The Kier molecular flexibility index (Phi) is 4.28. The van der Waals surface area contributed by atoms with Crippen molar-refractivity contribution in [2.45, 2.75) is 37.6 Å². The van der Waals surface area contributed by atoms with Gasteiger partial charge in [-0.25, -0.2) is 0 Å².